The van der Waals surface area contributed by atoms with Gasteiger partial charge < -0.3 is 15.4 Å². The van der Waals surface area contributed by atoms with Crippen molar-refractivity contribution < 1.29 is 13.2 Å². The summed E-state index contributed by atoms with van der Waals surface area (Å²) in [7, 11) is -3.34. The number of nitrogens with one attached hydrogen (secondary N) is 3. The van der Waals surface area contributed by atoms with E-state index < -0.39 is 10.0 Å². The smallest absolute Gasteiger partial charge is 0.213 e. The van der Waals surface area contributed by atoms with Crippen molar-refractivity contribution in [1.29, 1.82) is 0 Å². The summed E-state index contributed by atoms with van der Waals surface area (Å²) in [6.45, 7) is 7.46. The Morgan fingerprint density at radius 2 is 1.85 bits per heavy atom. The maximum absolute atomic E-state index is 12.1. The molecule has 3 N–H and O–H groups in total. The number of rotatable bonds is 13. The number of unbranched alkanes of at least 4 members (excludes halogenated alkanes) is 1. The number of halogens is 1. The molecule has 0 aliphatic heterocycles. The first-order valence-corrected chi connectivity index (χ1v) is 10.8. The molecular formula is C18H33IN4O3S. The van der Waals surface area contributed by atoms with E-state index in [0.717, 1.165) is 38.2 Å². The van der Waals surface area contributed by atoms with Crippen molar-refractivity contribution in [3.05, 3.63) is 35.9 Å². The molecule has 0 aliphatic carbocycles. The number of guanidine groups is 1. The lowest BCUT2D eigenvalue weighted by atomic mass is 10.2. The zero-order valence-corrected chi connectivity index (χ0v) is 19.4. The predicted molar refractivity (Wildman–Crippen MR) is 122 cm³/mol. The van der Waals surface area contributed by atoms with Crippen LogP contribution in [0.15, 0.2) is 35.3 Å². The minimum absolute atomic E-state index is 0. The third-order valence-electron chi connectivity index (χ3n) is 3.52. The molecule has 0 atom stereocenters. The van der Waals surface area contributed by atoms with Gasteiger partial charge in [0.1, 0.15) is 0 Å². The summed E-state index contributed by atoms with van der Waals surface area (Å²) in [6.07, 6.45) is 1.90. The van der Waals surface area contributed by atoms with E-state index in [1.54, 1.807) is 0 Å². The normalized spacial score (nSPS) is 11.7. The molecule has 0 bridgehead atoms. The number of benzene rings is 1. The lowest BCUT2D eigenvalue weighted by Crippen LogP contribution is -2.41. The van der Waals surface area contributed by atoms with E-state index >= 15 is 0 Å². The van der Waals surface area contributed by atoms with E-state index in [9.17, 15) is 8.42 Å². The lowest BCUT2D eigenvalue weighted by molar-refractivity contribution is 0.144. The minimum atomic E-state index is -3.34. The number of aliphatic imine (C=N–C) groups is 1. The Morgan fingerprint density at radius 1 is 1.11 bits per heavy atom. The Morgan fingerprint density at radius 3 is 2.52 bits per heavy atom. The molecule has 156 valence electrons. The summed E-state index contributed by atoms with van der Waals surface area (Å²) in [5, 5.41) is 6.19. The van der Waals surface area contributed by atoms with Crippen LogP contribution in [0.2, 0.25) is 0 Å². The first-order chi connectivity index (χ1) is 12.6. The molecule has 27 heavy (non-hydrogen) atoms. The Kier molecular flexibility index (Phi) is 15.5. The predicted octanol–water partition coefficient (Wildman–Crippen LogP) is 2.10. The highest BCUT2D eigenvalue weighted by molar-refractivity contribution is 14.0. The summed E-state index contributed by atoms with van der Waals surface area (Å²) in [5.41, 5.74) is 0.936. The van der Waals surface area contributed by atoms with Gasteiger partial charge in [0.05, 0.1) is 5.75 Å². The highest BCUT2D eigenvalue weighted by atomic mass is 127. The molecule has 0 heterocycles. The number of sulfonamides is 1. The first-order valence-electron chi connectivity index (χ1n) is 9.18. The van der Waals surface area contributed by atoms with Crippen LogP contribution in [-0.2, 0) is 21.3 Å². The number of hydrogen-bond acceptors (Lipinski definition) is 4. The van der Waals surface area contributed by atoms with E-state index in [2.05, 4.69) is 20.3 Å². The van der Waals surface area contributed by atoms with Crippen molar-refractivity contribution in [2.75, 3.05) is 38.6 Å². The largest absolute Gasteiger partial charge is 0.382 e. The van der Waals surface area contributed by atoms with Gasteiger partial charge in [0.2, 0.25) is 10.0 Å². The summed E-state index contributed by atoms with van der Waals surface area (Å²) in [4.78, 5) is 4.45. The lowest BCUT2D eigenvalue weighted by Gasteiger charge is -2.12. The van der Waals surface area contributed by atoms with Crippen LogP contribution in [0.1, 0.15) is 32.3 Å². The summed E-state index contributed by atoms with van der Waals surface area (Å²) in [5.74, 6) is 0.636. The Bertz CT molecular complexity index is 612. The molecule has 0 saturated heterocycles. The van der Waals surface area contributed by atoms with Crippen LogP contribution in [0.4, 0.5) is 0 Å². The molecule has 0 spiro atoms. The molecule has 0 saturated carbocycles. The van der Waals surface area contributed by atoms with Gasteiger partial charge in [-0.3, -0.25) is 4.99 Å². The second-order valence-electron chi connectivity index (χ2n) is 5.72. The molecular weight excluding hydrogens is 479 g/mol. The fraction of sp³-hybridized carbons (Fsp3) is 0.611. The molecule has 0 radical (unpaired) electrons. The molecule has 1 aromatic rings. The average Bonchev–Trinajstić information content (AvgIpc) is 2.63. The Balaban J connectivity index is 0.00000676. The van der Waals surface area contributed by atoms with Crippen LogP contribution in [0.3, 0.4) is 0 Å². The topological polar surface area (TPSA) is 91.8 Å². The van der Waals surface area contributed by atoms with Gasteiger partial charge in [-0.2, -0.15) is 0 Å². The minimum Gasteiger partial charge on any atom is -0.382 e. The average molecular weight is 512 g/mol. The second kappa shape index (κ2) is 16.1. The van der Waals surface area contributed by atoms with Gasteiger partial charge in [-0.25, -0.2) is 13.1 Å². The van der Waals surface area contributed by atoms with Crippen molar-refractivity contribution in [1.82, 2.24) is 15.4 Å². The molecule has 0 aliphatic rings. The summed E-state index contributed by atoms with van der Waals surface area (Å²) >= 11 is 0. The quantitative estimate of drug-likeness (QED) is 0.163. The fourth-order valence-electron chi connectivity index (χ4n) is 2.16. The number of ether oxygens (including phenoxy) is 1. The molecule has 1 rings (SSSR count). The van der Waals surface area contributed by atoms with Crippen LogP contribution in [-0.4, -0.2) is 53.0 Å². The van der Waals surface area contributed by atoms with E-state index in [-0.39, 0.29) is 29.7 Å². The van der Waals surface area contributed by atoms with Crippen molar-refractivity contribution in [3.8, 4) is 0 Å². The highest BCUT2D eigenvalue weighted by Crippen LogP contribution is 1.98. The number of hydrogen-bond donors (Lipinski definition) is 3. The Labute approximate surface area is 180 Å². The summed E-state index contributed by atoms with van der Waals surface area (Å²) < 4.78 is 32.1. The molecule has 0 aromatic heterocycles. The Hall–Kier alpha value is -0.910. The van der Waals surface area contributed by atoms with Crippen LogP contribution >= 0.6 is 24.0 Å². The van der Waals surface area contributed by atoms with Gasteiger partial charge in [0, 0.05) is 39.4 Å². The third-order valence-corrected chi connectivity index (χ3v) is 4.84. The molecule has 7 nitrogen and oxygen atoms in total. The standard InChI is InChI=1S/C18H32N4O3S.HI/c1-3-19-18(20-12-8-9-14-25-4-2)21-13-15-26(23,24)22-16-17-10-6-5-7-11-17;/h5-7,10-11,22H,3-4,8-9,12-16H2,1-2H3,(H2,19,20,21);1H. The van der Waals surface area contributed by atoms with Crippen molar-refractivity contribution in [3.63, 3.8) is 0 Å². The highest BCUT2D eigenvalue weighted by Gasteiger charge is 2.10. The van der Waals surface area contributed by atoms with Crippen LogP contribution in [0, 0.1) is 0 Å². The molecule has 0 amide bonds. The molecule has 0 fully saturated rings. The molecule has 0 unspecified atom stereocenters. The van der Waals surface area contributed by atoms with Gasteiger partial charge in [0.15, 0.2) is 5.96 Å². The maximum Gasteiger partial charge on any atom is 0.213 e. The first kappa shape index (κ1) is 26.1. The zero-order chi connectivity index (χ0) is 19.1. The van der Waals surface area contributed by atoms with Crippen molar-refractivity contribution in [2.24, 2.45) is 4.99 Å². The van der Waals surface area contributed by atoms with Crippen LogP contribution < -0.4 is 15.4 Å². The van der Waals surface area contributed by atoms with Crippen LogP contribution in [0.25, 0.3) is 0 Å². The van der Waals surface area contributed by atoms with Crippen molar-refractivity contribution in [2.45, 2.75) is 33.2 Å². The maximum atomic E-state index is 12.1. The van der Waals surface area contributed by atoms with Gasteiger partial charge in [-0.15, -0.1) is 24.0 Å². The zero-order valence-electron chi connectivity index (χ0n) is 16.2. The molecule has 1 aromatic carbocycles. The summed E-state index contributed by atoms with van der Waals surface area (Å²) in [6, 6.07) is 9.46. The SMILES string of the molecule is CCNC(=NCCCCOCC)NCCS(=O)(=O)NCc1ccccc1.I. The van der Waals surface area contributed by atoms with Crippen LogP contribution in [0.5, 0.6) is 0 Å². The fourth-order valence-corrected chi connectivity index (χ4v) is 3.06. The number of nitrogens with zero attached hydrogens (tertiary/aromatic N) is 1. The van der Waals surface area contributed by atoms with E-state index in [4.69, 9.17) is 4.74 Å². The van der Waals surface area contributed by atoms with E-state index in [1.807, 2.05) is 44.2 Å². The van der Waals surface area contributed by atoms with E-state index in [0.29, 0.717) is 25.6 Å². The van der Waals surface area contributed by atoms with Gasteiger partial charge in [-0.1, -0.05) is 30.3 Å². The second-order valence-corrected chi connectivity index (χ2v) is 7.64. The van der Waals surface area contributed by atoms with Gasteiger partial charge in [-0.05, 0) is 32.3 Å². The van der Waals surface area contributed by atoms with Crippen molar-refractivity contribution >= 4 is 40.0 Å². The van der Waals surface area contributed by atoms with Gasteiger partial charge in [0.25, 0.3) is 0 Å². The molecule has 9 heteroatoms. The van der Waals surface area contributed by atoms with Gasteiger partial charge >= 0.3 is 0 Å². The third kappa shape index (κ3) is 13.8. The monoisotopic (exact) mass is 512 g/mol. The van der Waals surface area contributed by atoms with E-state index in [1.165, 1.54) is 0 Å².